The second-order valence-corrected chi connectivity index (χ2v) is 11.3. The number of carbonyl (C=O) groups is 2. The molecule has 3 aromatic rings. The first-order valence-electron chi connectivity index (χ1n) is 11.2. The number of sulfone groups is 1. The second-order valence-electron chi connectivity index (χ2n) is 8.50. The SMILES string of the molecule is CS(=O)(=O)c1cccc(C[C@H](NC(=O)c2c(Cl)cc3c(c2Cl)CCNC3)C(=O)Oc2ccccc2)c1. The molecule has 0 fully saturated rings. The number of ether oxygens (including phenoxy) is 1. The molecule has 1 aliphatic heterocycles. The molecule has 1 atom stereocenters. The van der Waals surface area contributed by atoms with Crippen LogP contribution in [0.25, 0.3) is 0 Å². The maximum atomic E-state index is 13.4. The van der Waals surface area contributed by atoms with Gasteiger partial charge >= 0.3 is 5.97 Å². The van der Waals surface area contributed by atoms with Crippen LogP contribution >= 0.6 is 23.2 Å². The summed E-state index contributed by atoms with van der Waals surface area (Å²) < 4.78 is 29.5. The highest BCUT2D eigenvalue weighted by atomic mass is 35.5. The van der Waals surface area contributed by atoms with Gasteiger partial charge < -0.3 is 15.4 Å². The van der Waals surface area contributed by atoms with Gasteiger partial charge in [0.1, 0.15) is 11.8 Å². The fraction of sp³-hybridized carbons (Fsp3) is 0.231. The first-order valence-corrected chi connectivity index (χ1v) is 13.9. The number of rotatable bonds is 7. The summed E-state index contributed by atoms with van der Waals surface area (Å²) in [7, 11) is -3.46. The minimum absolute atomic E-state index is 0.00906. The molecule has 0 bridgehead atoms. The Morgan fingerprint density at radius 1 is 1.08 bits per heavy atom. The largest absolute Gasteiger partial charge is 0.425 e. The fourth-order valence-electron chi connectivity index (χ4n) is 4.02. The van der Waals surface area contributed by atoms with Crippen LogP contribution in [0.2, 0.25) is 10.0 Å². The van der Waals surface area contributed by atoms with Gasteiger partial charge in [0.15, 0.2) is 9.84 Å². The van der Waals surface area contributed by atoms with Crippen LogP contribution in [0.5, 0.6) is 5.75 Å². The van der Waals surface area contributed by atoms with E-state index in [1.165, 1.54) is 12.1 Å². The molecule has 0 unspecified atom stereocenters. The Morgan fingerprint density at radius 2 is 1.83 bits per heavy atom. The number of nitrogens with one attached hydrogen (secondary N) is 2. The maximum Gasteiger partial charge on any atom is 0.334 e. The summed E-state index contributed by atoms with van der Waals surface area (Å²) in [4.78, 5) is 26.6. The van der Waals surface area contributed by atoms with E-state index < -0.39 is 27.8 Å². The van der Waals surface area contributed by atoms with Crippen LogP contribution < -0.4 is 15.4 Å². The Hall–Kier alpha value is -2.91. The minimum Gasteiger partial charge on any atom is -0.425 e. The van der Waals surface area contributed by atoms with Crippen molar-refractivity contribution in [2.24, 2.45) is 0 Å². The smallest absolute Gasteiger partial charge is 0.334 e. The van der Waals surface area contributed by atoms with Crippen molar-refractivity contribution in [3.63, 3.8) is 0 Å². The standard InChI is InChI=1S/C26H24Cl2N2O5S/c1-36(33,34)19-9-5-6-16(12-19)13-22(26(32)35-18-7-3-2-4-8-18)30-25(31)23-21(27)14-17-15-29-11-10-20(17)24(23)28/h2-9,12,14,22,29H,10-11,13,15H2,1H3,(H,30,31)/t22-/m0/s1. The van der Waals surface area contributed by atoms with Crippen molar-refractivity contribution in [3.8, 4) is 5.75 Å². The third-order valence-corrected chi connectivity index (χ3v) is 7.65. The number of amides is 1. The molecule has 0 aliphatic carbocycles. The minimum atomic E-state index is -3.46. The topological polar surface area (TPSA) is 102 Å². The summed E-state index contributed by atoms with van der Waals surface area (Å²) in [6.45, 7) is 1.32. The maximum absolute atomic E-state index is 13.4. The number of halogens is 2. The van der Waals surface area contributed by atoms with Gasteiger partial charge in [0.25, 0.3) is 5.91 Å². The molecule has 3 aromatic carbocycles. The van der Waals surface area contributed by atoms with Crippen molar-refractivity contribution in [3.05, 3.63) is 93.0 Å². The van der Waals surface area contributed by atoms with Crippen molar-refractivity contribution in [1.29, 1.82) is 0 Å². The zero-order chi connectivity index (χ0) is 25.9. The molecule has 0 spiro atoms. The number of para-hydroxylation sites is 1. The Labute approximate surface area is 219 Å². The van der Waals surface area contributed by atoms with Gasteiger partial charge in [-0.3, -0.25) is 4.79 Å². The van der Waals surface area contributed by atoms with Gasteiger partial charge in [0.2, 0.25) is 0 Å². The van der Waals surface area contributed by atoms with E-state index in [1.54, 1.807) is 48.5 Å². The summed E-state index contributed by atoms with van der Waals surface area (Å²) in [6, 6.07) is 15.2. The van der Waals surface area contributed by atoms with Gasteiger partial charge in [-0.2, -0.15) is 0 Å². The lowest BCUT2D eigenvalue weighted by molar-refractivity contribution is -0.136. The average Bonchev–Trinajstić information content (AvgIpc) is 2.84. The van der Waals surface area contributed by atoms with Crippen molar-refractivity contribution in [1.82, 2.24) is 10.6 Å². The monoisotopic (exact) mass is 546 g/mol. The van der Waals surface area contributed by atoms with Gasteiger partial charge in [0, 0.05) is 19.2 Å². The quantitative estimate of drug-likeness (QED) is 0.343. The van der Waals surface area contributed by atoms with Crippen LogP contribution in [0.1, 0.15) is 27.0 Å². The molecule has 0 saturated carbocycles. The van der Waals surface area contributed by atoms with E-state index in [9.17, 15) is 18.0 Å². The zero-order valence-corrected chi connectivity index (χ0v) is 21.7. The van der Waals surface area contributed by atoms with Gasteiger partial charge in [-0.05, 0) is 60.0 Å². The number of carbonyl (C=O) groups excluding carboxylic acids is 2. The van der Waals surface area contributed by atoms with E-state index in [1.807, 2.05) is 0 Å². The van der Waals surface area contributed by atoms with Crippen LogP contribution in [0.3, 0.4) is 0 Å². The Balaban J connectivity index is 1.65. The number of esters is 1. The number of benzene rings is 3. The Bertz CT molecular complexity index is 1410. The fourth-order valence-corrected chi connectivity index (χ4v) is 5.47. The normalized spacial score (nSPS) is 14.0. The first-order chi connectivity index (χ1) is 17.1. The van der Waals surface area contributed by atoms with Crippen LogP contribution in [0, 0.1) is 0 Å². The van der Waals surface area contributed by atoms with Crippen LogP contribution in [-0.4, -0.2) is 39.1 Å². The lowest BCUT2D eigenvalue weighted by Gasteiger charge is -2.22. The van der Waals surface area contributed by atoms with Crippen molar-refractivity contribution in [2.45, 2.75) is 30.3 Å². The molecule has 0 saturated heterocycles. The summed E-state index contributed by atoms with van der Waals surface area (Å²) in [6.07, 6.45) is 1.74. The Morgan fingerprint density at radius 3 is 2.56 bits per heavy atom. The van der Waals surface area contributed by atoms with Crippen molar-refractivity contribution >= 4 is 44.9 Å². The molecule has 4 rings (SSSR count). The summed E-state index contributed by atoms with van der Waals surface area (Å²) >= 11 is 13.0. The van der Waals surface area contributed by atoms with E-state index in [0.29, 0.717) is 24.3 Å². The predicted molar refractivity (Wildman–Crippen MR) is 138 cm³/mol. The predicted octanol–water partition coefficient (Wildman–Crippen LogP) is 3.99. The molecule has 1 amide bonds. The summed E-state index contributed by atoms with van der Waals surface area (Å²) in [5.41, 5.74) is 2.38. The van der Waals surface area contributed by atoms with Crippen LogP contribution in [0.4, 0.5) is 0 Å². The Kier molecular flexibility index (Phi) is 8.00. The zero-order valence-electron chi connectivity index (χ0n) is 19.4. The van der Waals surface area contributed by atoms with E-state index in [2.05, 4.69) is 10.6 Å². The second kappa shape index (κ2) is 11.0. The first kappa shape index (κ1) is 26.2. The highest BCUT2D eigenvalue weighted by Gasteiger charge is 2.28. The van der Waals surface area contributed by atoms with Crippen LogP contribution in [-0.2, 0) is 34.0 Å². The molecule has 188 valence electrons. The lowest BCUT2D eigenvalue weighted by Crippen LogP contribution is -2.44. The molecule has 7 nitrogen and oxygen atoms in total. The molecular formula is C26H24Cl2N2O5S. The van der Waals surface area contributed by atoms with E-state index in [4.69, 9.17) is 27.9 Å². The molecule has 36 heavy (non-hydrogen) atoms. The van der Waals surface area contributed by atoms with Gasteiger partial charge in [-0.1, -0.05) is 53.5 Å². The van der Waals surface area contributed by atoms with E-state index in [-0.39, 0.29) is 26.9 Å². The average molecular weight is 547 g/mol. The van der Waals surface area contributed by atoms with E-state index >= 15 is 0 Å². The van der Waals surface area contributed by atoms with Gasteiger partial charge in [-0.15, -0.1) is 0 Å². The van der Waals surface area contributed by atoms with Crippen LogP contribution in [0.15, 0.2) is 65.6 Å². The summed E-state index contributed by atoms with van der Waals surface area (Å²) in [5.74, 6) is -1.03. The molecular weight excluding hydrogens is 523 g/mol. The number of hydrogen-bond acceptors (Lipinski definition) is 6. The van der Waals surface area contributed by atoms with Crippen molar-refractivity contribution in [2.75, 3.05) is 12.8 Å². The highest BCUT2D eigenvalue weighted by molar-refractivity contribution is 7.90. The van der Waals surface area contributed by atoms with Crippen molar-refractivity contribution < 1.29 is 22.7 Å². The highest BCUT2D eigenvalue weighted by Crippen LogP contribution is 2.33. The molecule has 0 radical (unpaired) electrons. The molecule has 10 heteroatoms. The third-order valence-electron chi connectivity index (χ3n) is 5.82. The lowest BCUT2D eigenvalue weighted by atomic mass is 9.97. The molecule has 1 heterocycles. The number of fused-ring (bicyclic) bond motifs is 1. The number of hydrogen-bond donors (Lipinski definition) is 2. The van der Waals surface area contributed by atoms with Gasteiger partial charge in [-0.25, -0.2) is 13.2 Å². The summed E-state index contributed by atoms with van der Waals surface area (Å²) in [5, 5.41) is 6.37. The third kappa shape index (κ3) is 6.07. The molecule has 1 aliphatic rings. The van der Waals surface area contributed by atoms with E-state index in [0.717, 1.165) is 23.9 Å². The molecule has 2 N–H and O–H groups in total. The molecule has 0 aromatic heterocycles. The van der Waals surface area contributed by atoms with Gasteiger partial charge in [0.05, 0.1) is 20.5 Å².